The highest BCUT2D eigenvalue weighted by molar-refractivity contribution is 5.30. The van der Waals surface area contributed by atoms with Gasteiger partial charge in [0.1, 0.15) is 0 Å². The fourth-order valence-corrected chi connectivity index (χ4v) is 3.38. The number of benzene rings is 1. The van der Waals surface area contributed by atoms with Crippen molar-refractivity contribution in [2.45, 2.75) is 12.6 Å². The number of rotatable bonds is 3. The van der Waals surface area contributed by atoms with Crippen LogP contribution in [0.3, 0.4) is 0 Å². The van der Waals surface area contributed by atoms with E-state index in [0.29, 0.717) is 11.8 Å². The summed E-state index contributed by atoms with van der Waals surface area (Å²) in [6.45, 7) is 7.67. The molecule has 0 bridgehead atoms. The second kappa shape index (κ2) is 6.30. The molecule has 2 aliphatic rings. The predicted molar refractivity (Wildman–Crippen MR) is 81.1 cm³/mol. The number of piperazine rings is 2. The number of hydrogen-bond donors (Lipinski definition) is 0. The van der Waals surface area contributed by atoms with Crippen molar-refractivity contribution in [1.82, 2.24) is 14.7 Å². The highest BCUT2D eigenvalue weighted by atomic mass is 19.1. The van der Waals surface area contributed by atoms with Crippen LogP contribution in [-0.4, -0.2) is 74.2 Å². The molecule has 0 aromatic heterocycles. The van der Waals surface area contributed by atoms with Gasteiger partial charge in [-0.25, -0.2) is 4.39 Å². The zero-order chi connectivity index (χ0) is 14.8. The fraction of sp³-hybridized carbons (Fsp3) is 0.625. The monoisotopic (exact) mass is 293 g/mol. The van der Waals surface area contributed by atoms with Crippen LogP contribution in [0.1, 0.15) is 5.56 Å². The van der Waals surface area contributed by atoms with Gasteiger partial charge in [0.05, 0.1) is 7.11 Å². The summed E-state index contributed by atoms with van der Waals surface area (Å²) in [7, 11) is 3.71. The molecule has 0 radical (unpaired) electrons. The molecule has 2 fully saturated rings. The average Bonchev–Trinajstić information content (AvgIpc) is 2.49. The Kier molecular flexibility index (Phi) is 4.42. The summed E-state index contributed by atoms with van der Waals surface area (Å²) in [6, 6.07) is 5.80. The Labute approximate surface area is 126 Å². The number of fused-ring (bicyclic) bond motifs is 1. The number of ether oxygens (including phenoxy) is 1. The lowest BCUT2D eigenvalue weighted by Gasteiger charge is -2.46. The Hall–Kier alpha value is -1.17. The summed E-state index contributed by atoms with van der Waals surface area (Å²) in [6.07, 6.45) is 0. The highest BCUT2D eigenvalue weighted by Crippen LogP contribution is 2.21. The summed E-state index contributed by atoms with van der Waals surface area (Å²) in [5.74, 6) is 0.0449. The Balaban J connectivity index is 1.63. The van der Waals surface area contributed by atoms with E-state index in [2.05, 4.69) is 21.7 Å². The Morgan fingerprint density at radius 1 is 1.19 bits per heavy atom. The molecule has 1 aromatic rings. The van der Waals surface area contributed by atoms with Gasteiger partial charge >= 0.3 is 0 Å². The third kappa shape index (κ3) is 3.36. The third-order valence-corrected chi connectivity index (χ3v) is 4.60. The van der Waals surface area contributed by atoms with Gasteiger partial charge in [0.2, 0.25) is 0 Å². The van der Waals surface area contributed by atoms with Crippen molar-refractivity contribution in [2.75, 3.05) is 53.4 Å². The quantitative estimate of drug-likeness (QED) is 0.835. The van der Waals surface area contributed by atoms with Crippen molar-refractivity contribution < 1.29 is 9.13 Å². The molecular weight excluding hydrogens is 269 g/mol. The van der Waals surface area contributed by atoms with Gasteiger partial charge in [0, 0.05) is 51.9 Å². The summed E-state index contributed by atoms with van der Waals surface area (Å²) >= 11 is 0. The minimum atomic E-state index is -0.292. The summed E-state index contributed by atoms with van der Waals surface area (Å²) in [5.41, 5.74) is 1.12. The highest BCUT2D eigenvalue weighted by Gasteiger charge is 2.30. The molecule has 4 nitrogen and oxygen atoms in total. The molecule has 2 aliphatic heterocycles. The summed E-state index contributed by atoms with van der Waals surface area (Å²) in [5, 5.41) is 0. The van der Waals surface area contributed by atoms with E-state index >= 15 is 0 Å². The van der Waals surface area contributed by atoms with Crippen molar-refractivity contribution in [3.8, 4) is 5.75 Å². The van der Waals surface area contributed by atoms with Crippen LogP contribution in [0.4, 0.5) is 4.39 Å². The molecule has 1 atom stereocenters. The lowest BCUT2D eigenvalue weighted by Crippen LogP contribution is -2.61. The largest absolute Gasteiger partial charge is 0.494 e. The zero-order valence-corrected chi connectivity index (χ0v) is 12.9. The van der Waals surface area contributed by atoms with E-state index in [9.17, 15) is 4.39 Å². The molecule has 0 spiro atoms. The molecule has 0 N–H and O–H groups in total. The maximum atomic E-state index is 13.5. The van der Waals surface area contributed by atoms with Crippen LogP contribution in [0.25, 0.3) is 0 Å². The van der Waals surface area contributed by atoms with Crippen LogP contribution in [-0.2, 0) is 6.54 Å². The molecule has 21 heavy (non-hydrogen) atoms. The Bertz CT molecular complexity index is 496. The molecule has 2 saturated heterocycles. The molecule has 3 rings (SSSR count). The van der Waals surface area contributed by atoms with Gasteiger partial charge in [-0.05, 0) is 24.7 Å². The maximum absolute atomic E-state index is 13.5. The van der Waals surface area contributed by atoms with Crippen molar-refractivity contribution in [3.05, 3.63) is 29.6 Å². The lowest BCUT2D eigenvalue weighted by molar-refractivity contribution is 0.0175. The molecule has 0 aliphatic carbocycles. The van der Waals surface area contributed by atoms with Gasteiger partial charge in [-0.1, -0.05) is 6.07 Å². The van der Waals surface area contributed by atoms with Gasteiger partial charge in [0.15, 0.2) is 11.6 Å². The number of nitrogens with zero attached hydrogens (tertiary/aromatic N) is 3. The minimum absolute atomic E-state index is 0.292. The van der Waals surface area contributed by atoms with E-state index in [-0.39, 0.29) is 5.82 Å². The molecule has 2 heterocycles. The lowest BCUT2D eigenvalue weighted by atomic mass is 10.1. The van der Waals surface area contributed by atoms with E-state index < -0.39 is 0 Å². The normalized spacial score (nSPS) is 24.8. The smallest absolute Gasteiger partial charge is 0.165 e. The topological polar surface area (TPSA) is 19.0 Å². The number of likely N-dealkylation sites (N-methyl/N-ethyl adjacent to an activating group) is 1. The van der Waals surface area contributed by atoms with Crippen LogP contribution in [0.15, 0.2) is 18.2 Å². The second-order valence-corrected chi connectivity index (χ2v) is 6.16. The second-order valence-electron chi connectivity index (χ2n) is 6.16. The standard InChI is InChI=1S/C16H24FN3O/c1-18-5-7-20-8-6-19(12-14(20)11-18)10-13-3-4-15(17)16(9-13)21-2/h3-4,9,14H,5-8,10-12H2,1-2H3/t14-/m1/s1. The number of methoxy groups -OCH3 is 1. The molecule has 116 valence electrons. The molecule has 1 aromatic carbocycles. The zero-order valence-electron chi connectivity index (χ0n) is 12.9. The number of hydrogen-bond acceptors (Lipinski definition) is 4. The van der Waals surface area contributed by atoms with Gasteiger partial charge in [-0.2, -0.15) is 0 Å². The van der Waals surface area contributed by atoms with Crippen LogP contribution in [0.5, 0.6) is 5.75 Å². The van der Waals surface area contributed by atoms with Gasteiger partial charge < -0.3 is 9.64 Å². The van der Waals surface area contributed by atoms with E-state index in [4.69, 9.17) is 4.74 Å². The first-order valence-corrected chi connectivity index (χ1v) is 7.63. The molecule has 0 unspecified atom stereocenters. The first kappa shape index (κ1) is 14.8. The summed E-state index contributed by atoms with van der Waals surface area (Å²) in [4.78, 5) is 7.47. The SMILES string of the molecule is COc1cc(CN2CCN3CCN(C)C[C@@H]3C2)ccc1F. The van der Waals surface area contributed by atoms with Crippen LogP contribution in [0.2, 0.25) is 0 Å². The van der Waals surface area contributed by atoms with Crippen LogP contribution < -0.4 is 4.74 Å². The minimum Gasteiger partial charge on any atom is -0.494 e. The third-order valence-electron chi connectivity index (χ3n) is 4.60. The molecular formula is C16H24FN3O. The first-order valence-electron chi connectivity index (χ1n) is 7.63. The average molecular weight is 293 g/mol. The van der Waals surface area contributed by atoms with E-state index in [1.165, 1.54) is 26.3 Å². The van der Waals surface area contributed by atoms with Crippen molar-refractivity contribution in [1.29, 1.82) is 0 Å². The molecule has 0 saturated carbocycles. The van der Waals surface area contributed by atoms with Crippen molar-refractivity contribution in [2.24, 2.45) is 0 Å². The van der Waals surface area contributed by atoms with E-state index in [1.54, 1.807) is 0 Å². The molecule has 5 heteroatoms. The Morgan fingerprint density at radius 2 is 2.00 bits per heavy atom. The molecule has 0 amide bonds. The fourth-order valence-electron chi connectivity index (χ4n) is 3.38. The van der Waals surface area contributed by atoms with Crippen molar-refractivity contribution >= 4 is 0 Å². The number of halogens is 1. The van der Waals surface area contributed by atoms with Crippen LogP contribution in [0, 0.1) is 5.82 Å². The predicted octanol–water partition coefficient (Wildman–Crippen LogP) is 1.27. The maximum Gasteiger partial charge on any atom is 0.165 e. The van der Waals surface area contributed by atoms with Gasteiger partial charge in [0.25, 0.3) is 0 Å². The van der Waals surface area contributed by atoms with E-state index in [0.717, 1.165) is 38.3 Å². The Morgan fingerprint density at radius 3 is 2.81 bits per heavy atom. The van der Waals surface area contributed by atoms with Crippen LogP contribution >= 0.6 is 0 Å². The first-order chi connectivity index (χ1) is 10.2. The van der Waals surface area contributed by atoms with Gasteiger partial charge in [-0.15, -0.1) is 0 Å². The van der Waals surface area contributed by atoms with E-state index in [1.807, 2.05) is 12.1 Å². The summed E-state index contributed by atoms with van der Waals surface area (Å²) < 4.78 is 18.5. The van der Waals surface area contributed by atoms with Gasteiger partial charge in [-0.3, -0.25) is 9.80 Å². The van der Waals surface area contributed by atoms with Crippen molar-refractivity contribution in [3.63, 3.8) is 0 Å².